The van der Waals surface area contributed by atoms with E-state index in [1.54, 1.807) is 96.6 Å². The van der Waals surface area contributed by atoms with Gasteiger partial charge in [0.15, 0.2) is 10.2 Å². The molecule has 2 aromatic heterocycles. The van der Waals surface area contributed by atoms with E-state index in [-0.39, 0.29) is 124 Å². The molecule has 4 saturated heterocycles. The van der Waals surface area contributed by atoms with Crippen LogP contribution in [-0.4, -0.2) is 178 Å². The van der Waals surface area contributed by atoms with E-state index in [4.69, 9.17) is 43.4 Å². The molecule has 26 nitrogen and oxygen atoms in total. The fourth-order valence-corrected chi connectivity index (χ4v) is 20.4. The lowest BCUT2D eigenvalue weighted by molar-refractivity contribution is -0.144. The molecule has 4 aliphatic rings. The Labute approximate surface area is 851 Å². The number of aliphatic hydroxyl groups is 2. The van der Waals surface area contributed by atoms with Crippen molar-refractivity contribution in [1.82, 2.24) is 31.1 Å². The van der Waals surface area contributed by atoms with Crippen molar-refractivity contribution in [1.29, 1.82) is 10.5 Å². The largest absolute Gasteiger partial charge is 0.494 e. The first kappa shape index (κ1) is 108. The molecular formula is C108H114F6N12O14S4. The third-order valence-corrected chi connectivity index (χ3v) is 28.3. The lowest BCUT2D eigenvalue weighted by Crippen LogP contribution is -2.57. The Bertz CT molecular complexity index is 6450. The molecular weight excluding hydrogens is 1930 g/mol. The van der Waals surface area contributed by atoms with E-state index >= 15 is 0 Å². The summed E-state index contributed by atoms with van der Waals surface area (Å²) < 4.78 is 106. The molecule has 0 spiro atoms. The van der Waals surface area contributed by atoms with Crippen LogP contribution in [0.1, 0.15) is 152 Å². The highest BCUT2D eigenvalue weighted by Gasteiger charge is 2.54. The molecule has 36 heteroatoms. The number of nitrogens with one attached hydrogen (secondary N) is 4. The van der Waals surface area contributed by atoms with Gasteiger partial charge in [-0.1, -0.05) is 139 Å². The number of aryl methyl sites for hydroxylation is 2. The molecule has 14 rings (SSSR count). The van der Waals surface area contributed by atoms with Gasteiger partial charge in [0.25, 0.3) is 11.8 Å². The number of ether oxygens (including phenoxy) is 4. The van der Waals surface area contributed by atoms with Crippen LogP contribution in [0.2, 0.25) is 0 Å². The number of aliphatic hydroxyl groups excluding tert-OH is 2. The monoisotopic (exact) mass is 2040 g/mol. The molecule has 144 heavy (non-hydrogen) atoms. The first-order valence-electron chi connectivity index (χ1n) is 47.0. The first-order chi connectivity index (χ1) is 68.2. The smallest absolute Gasteiger partial charge is 0.417 e. The number of halogens is 6. The number of benzene rings is 8. The molecule has 4 aliphatic heterocycles. The maximum absolute atomic E-state index is 14.1. The number of alkyl halides is 6. The fourth-order valence-electron chi connectivity index (χ4n) is 17.5. The third kappa shape index (κ3) is 25.5. The van der Waals surface area contributed by atoms with Gasteiger partial charge in [-0.3, -0.25) is 48.2 Å². The predicted octanol–water partition coefficient (Wildman–Crippen LogP) is 18.4. The third-order valence-electron chi connectivity index (χ3n) is 25.4. The van der Waals surface area contributed by atoms with Crippen LogP contribution in [0.4, 0.5) is 49.1 Å². The van der Waals surface area contributed by atoms with E-state index in [0.29, 0.717) is 42.3 Å². The van der Waals surface area contributed by atoms with Crippen LogP contribution in [0, 0.1) is 47.3 Å². The Morgan fingerprint density at radius 3 is 1.15 bits per heavy atom. The van der Waals surface area contributed by atoms with Crippen molar-refractivity contribution in [3.63, 3.8) is 0 Å². The van der Waals surface area contributed by atoms with Crippen molar-refractivity contribution < 1.29 is 93.9 Å². The van der Waals surface area contributed by atoms with Crippen LogP contribution in [0.25, 0.3) is 43.1 Å². The van der Waals surface area contributed by atoms with Crippen molar-refractivity contribution in [2.45, 2.75) is 195 Å². The number of thiocarbonyl (C=S) groups is 2. The molecule has 756 valence electrons. The van der Waals surface area contributed by atoms with Crippen LogP contribution in [-0.2, 0) is 73.3 Å². The van der Waals surface area contributed by atoms with Crippen LogP contribution >= 0.6 is 47.1 Å². The quantitative estimate of drug-likeness (QED) is 0.0124. The van der Waals surface area contributed by atoms with Gasteiger partial charge in [0.1, 0.15) is 53.4 Å². The Morgan fingerprint density at radius 2 is 0.799 bits per heavy atom. The fraction of sp³-hybridized carbons (Fsp3) is 0.370. The van der Waals surface area contributed by atoms with Gasteiger partial charge in [-0.25, -0.2) is 0 Å². The van der Waals surface area contributed by atoms with E-state index in [1.165, 1.54) is 42.8 Å². The first-order valence-corrected chi connectivity index (χ1v) is 49.5. The summed E-state index contributed by atoms with van der Waals surface area (Å²) in [6, 6.07) is 55.0. The van der Waals surface area contributed by atoms with E-state index in [1.807, 2.05) is 163 Å². The number of rotatable bonds is 34. The molecule has 10 aromatic rings. The molecule has 0 aliphatic carbocycles. The Balaban J connectivity index is 0.000000242. The number of amides is 8. The van der Waals surface area contributed by atoms with Gasteiger partial charge in [-0.05, 0) is 253 Å². The highest BCUT2D eigenvalue weighted by molar-refractivity contribution is 7.81. The molecule has 0 saturated carbocycles. The van der Waals surface area contributed by atoms with Gasteiger partial charge < -0.3 is 70.0 Å². The maximum Gasteiger partial charge on any atom is 0.417 e. The minimum Gasteiger partial charge on any atom is -0.494 e. The van der Waals surface area contributed by atoms with Crippen LogP contribution in [0.5, 0.6) is 11.5 Å². The van der Waals surface area contributed by atoms with Crippen molar-refractivity contribution >= 4 is 127 Å². The number of hydrogen-bond donors (Lipinski definition) is 6. The molecule has 8 aromatic carbocycles. The van der Waals surface area contributed by atoms with Crippen LogP contribution < -0.4 is 50.3 Å². The zero-order chi connectivity index (χ0) is 104. The van der Waals surface area contributed by atoms with Gasteiger partial charge in [0, 0.05) is 73.0 Å². The average molecular weight is 2050 g/mol. The van der Waals surface area contributed by atoms with Crippen molar-refractivity contribution in [3.8, 4) is 66.8 Å². The van der Waals surface area contributed by atoms with Gasteiger partial charge in [0.05, 0.1) is 91.0 Å². The summed E-state index contributed by atoms with van der Waals surface area (Å²) in [5.41, 5.74) is 3.54. The van der Waals surface area contributed by atoms with E-state index in [9.17, 15) is 85.4 Å². The summed E-state index contributed by atoms with van der Waals surface area (Å²) in [6.07, 6.45) is -10.00. The van der Waals surface area contributed by atoms with Crippen molar-refractivity contribution in [2.75, 3.05) is 72.3 Å². The number of carbonyl (C=O) groups excluding carboxylic acids is 8. The number of carbonyl (C=O) groups is 8. The van der Waals surface area contributed by atoms with E-state index in [0.717, 1.165) is 78.6 Å². The lowest BCUT2D eigenvalue weighted by Gasteiger charge is -2.35. The topological polar surface area (TPSA) is 329 Å². The number of nitrogens with zero attached hydrogens (tertiary/aromatic N) is 8. The van der Waals surface area contributed by atoms with Crippen molar-refractivity contribution in [3.05, 3.63) is 249 Å². The SMILES string of the molecule is Cc1ccsc1-c1ccc(CNC(=O)[C@@H]2C[C@@H](O)CN2C(=O)[C@@H](NC(=O)CCCCOc2ccc(-c3ccc(N4C(=S)N(c5ccc(C#N)c(C(F)(F)F)c5)C(=O)C4(C)C)cc3)cc2)C(C)(C)C)cc1.Cc1ccsc1-c1ccc(CNC(=O)[C@@H]2C[C@@H](O)CN2C(=O)[C@@H](NC(=O)CCOCCOCCOc2ccc(-c3ccc(N4C(=S)N(c5ccc(C#N)c(C(F)(F)F)c5)C(=O)C4(C)C)cc3)cc2)C(C)(C)C)cc1. The summed E-state index contributed by atoms with van der Waals surface area (Å²) in [6.45, 7) is 23.6. The maximum atomic E-state index is 14.1. The van der Waals surface area contributed by atoms with Gasteiger partial charge in [-0.2, -0.15) is 36.9 Å². The molecule has 6 N–H and O–H groups in total. The number of β-amino-alcohol motifs (C(OH)–C–C–N with tert-alkyl or cyclic N) is 2. The zero-order valence-corrected chi connectivity index (χ0v) is 84.9. The van der Waals surface area contributed by atoms with Gasteiger partial charge in [0.2, 0.25) is 35.4 Å². The number of thiophene rings is 2. The second-order valence-electron chi connectivity index (χ2n) is 38.8. The number of nitriles is 2. The second kappa shape index (κ2) is 45.7. The predicted molar refractivity (Wildman–Crippen MR) is 548 cm³/mol. The number of hydrogen-bond acceptors (Lipinski definition) is 20. The molecule has 4 fully saturated rings. The zero-order valence-electron chi connectivity index (χ0n) is 81.7. The highest BCUT2D eigenvalue weighted by atomic mass is 32.1. The molecule has 6 atom stereocenters. The lowest BCUT2D eigenvalue weighted by atomic mass is 9.85. The van der Waals surface area contributed by atoms with Crippen LogP contribution in [0.3, 0.4) is 0 Å². The summed E-state index contributed by atoms with van der Waals surface area (Å²) in [7, 11) is 0. The van der Waals surface area contributed by atoms with Crippen LogP contribution in [0.15, 0.2) is 205 Å². The summed E-state index contributed by atoms with van der Waals surface area (Å²) in [5.74, 6) is -2.11. The number of likely N-dealkylation sites (tertiary alicyclic amines) is 2. The minimum atomic E-state index is -4.81. The second-order valence-corrected chi connectivity index (χ2v) is 41.4. The molecule has 6 heterocycles. The average Bonchev–Trinajstić information content (AvgIpc) is 1.58. The van der Waals surface area contributed by atoms with Crippen molar-refractivity contribution in [2.24, 2.45) is 10.8 Å². The standard InChI is InChI=1S/C55H59F3N6O8S2.C53H55F3N6O6S2/c1-34-22-28-74-47(34)38-9-7-35(8-10-38)32-60-49(67)45-30-42(65)33-62(45)50(68)48(53(2,3)4)61-46(66)21-23-70-24-25-71-26-27-72-43-19-14-37(15-20-43)36-11-16-40(17-12-36)64-52(73)63(51(69)54(64,5)6)41-18-13-39(31-59)44(29-41)55(56,57)58;1-32-24-26-70-45(32)36-12-10-33(11-13-36)30-58-47(65)43-28-40(63)31-60(43)48(66)46(51(2,3)4)59-44(64)9-7-8-25-68-41-22-17-35(18-23-41)34-14-19-38(20-15-34)62-50(69)61(49(67)52(62,5)6)39-21-16-37(29-57)42(27-39)53(54,55)56/h7-20,22,28-29,42,45,48,65H,21,23-27,30,32-33H2,1-6H3,(H,60,67)(H,61,66);10-24,26-27,40,43,46,63H,7-9,25,28,30-31H2,1-6H3,(H,58,65)(H,59,64)/t42-,45+,48-;40-,43+,46-/m11/s1. The molecule has 8 amide bonds. The molecule has 0 radical (unpaired) electrons. The molecule has 0 unspecified atom stereocenters. The molecule has 0 bridgehead atoms. The Morgan fingerprint density at radius 1 is 0.458 bits per heavy atom. The Hall–Kier alpha value is -13.3. The Kier molecular flexibility index (Phi) is 34.3. The number of anilines is 4. The summed E-state index contributed by atoms with van der Waals surface area (Å²) >= 11 is 14.7. The summed E-state index contributed by atoms with van der Waals surface area (Å²) in [5, 5.41) is 55.4. The van der Waals surface area contributed by atoms with E-state index in [2.05, 4.69) is 58.0 Å². The minimum absolute atomic E-state index is 0.000662. The normalized spacial score (nSPS) is 17.2. The van der Waals surface area contributed by atoms with E-state index < -0.39 is 122 Å². The number of unbranched alkanes of at least 4 members (excludes halogenated alkanes) is 1. The summed E-state index contributed by atoms with van der Waals surface area (Å²) in [4.78, 5) is 119. The highest BCUT2D eigenvalue weighted by Crippen LogP contribution is 2.45. The van der Waals surface area contributed by atoms with Gasteiger partial charge in [-0.15, -0.1) is 22.7 Å². The van der Waals surface area contributed by atoms with Gasteiger partial charge >= 0.3 is 12.4 Å².